The molecule has 1 saturated carbocycles. The van der Waals surface area contributed by atoms with Crippen molar-refractivity contribution in [2.45, 2.75) is 18.9 Å². The molecule has 19 heavy (non-hydrogen) atoms. The second-order valence-electron chi connectivity index (χ2n) is 4.20. The quantitative estimate of drug-likeness (QED) is 0.727. The largest absolute Gasteiger partial charge is 0.320 e. The van der Waals surface area contributed by atoms with Crippen LogP contribution >= 0.6 is 11.6 Å². The zero-order chi connectivity index (χ0) is 13.9. The summed E-state index contributed by atoms with van der Waals surface area (Å²) in [4.78, 5) is 0. The van der Waals surface area contributed by atoms with Gasteiger partial charge in [-0.25, -0.2) is 0 Å². The van der Waals surface area contributed by atoms with Gasteiger partial charge >= 0.3 is 0 Å². The van der Waals surface area contributed by atoms with Crippen LogP contribution in [0.1, 0.15) is 18.4 Å². The summed E-state index contributed by atoms with van der Waals surface area (Å²) in [5.41, 5.74) is 6.24. The maximum atomic E-state index is 11.8. The molecule has 0 unspecified atom stereocenters. The van der Waals surface area contributed by atoms with Crippen LogP contribution in [-0.4, -0.2) is 21.0 Å². The van der Waals surface area contributed by atoms with Gasteiger partial charge in [0.2, 0.25) is 0 Å². The molecule has 0 aromatic heterocycles. The average molecular weight is 300 g/mol. The molecule has 2 rings (SSSR count). The molecule has 1 aromatic rings. The minimum atomic E-state index is -3.59. The molecule has 0 aliphatic heterocycles. The van der Waals surface area contributed by atoms with Crippen molar-refractivity contribution in [1.29, 1.82) is 0 Å². The SMILES string of the molecule is NCC#Cc1ccc(Cl)c(NS(=O)(=O)NC2CC2)c1. The lowest BCUT2D eigenvalue weighted by atomic mass is 10.2. The van der Waals surface area contributed by atoms with Gasteiger partial charge in [-0.15, -0.1) is 0 Å². The van der Waals surface area contributed by atoms with Gasteiger partial charge in [0.15, 0.2) is 0 Å². The number of hydrogen-bond donors (Lipinski definition) is 3. The molecule has 7 heteroatoms. The van der Waals surface area contributed by atoms with Crippen LogP contribution in [0.3, 0.4) is 0 Å². The zero-order valence-corrected chi connectivity index (χ0v) is 11.7. The number of nitrogens with two attached hydrogens (primary N) is 1. The fraction of sp³-hybridized carbons (Fsp3) is 0.333. The monoisotopic (exact) mass is 299 g/mol. The van der Waals surface area contributed by atoms with Gasteiger partial charge in [-0.1, -0.05) is 23.4 Å². The average Bonchev–Trinajstić information content (AvgIpc) is 3.13. The number of rotatable bonds is 4. The van der Waals surface area contributed by atoms with Gasteiger partial charge in [0, 0.05) is 11.6 Å². The van der Waals surface area contributed by atoms with Crippen molar-refractivity contribution in [1.82, 2.24) is 4.72 Å². The maximum Gasteiger partial charge on any atom is 0.299 e. The summed E-state index contributed by atoms with van der Waals surface area (Å²) in [6.07, 6.45) is 1.74. The lowest BCUT2D eigenvalue weighted by Crippen LogP contribution is -2.31. The Morgan fingerprint density at radius 2 is 2.16 bits per heavy atom. The van der Waals surface area contributed by atoms with E-state index in [1.54, 1.807) is 18.2 Å². The van der Waals surface area contributed by atoms with E-state index in [9.17, 15) is 8.42 Å². The van der Waals surface area contributed by atoms with Gasteiger partial charge in [0.1, 0.15) is 0 Å². The van der Waals surface area contributed by atoms with Gasteiger partial charge in [0.05, 0.1) is 17.3 Å². The molecule has 0 atom stereocenters. The summed E-state index contributed by atoms with van der Waals surface area (Å²) >= 11 is 5.96. The van der Waals surface area contributed by atoms with Crippen LogP contribution in [0.15, 0.2) is 18.2 Å². The van der Waals surface area contributed by atoms with Gasteiger partial charge in [-0.3, -0.25) is 4.72 Å². The summed E-state index contributed by atoms with van der Waals surface area (Å²) in [7, 11) is -3.59. The van der Waals surface area contributed by atoms with Gasteiger partial charge in [-0.05, 0) is 31.0 Å². The number of benzene rings is 1. The molecule has 4 N–H and O–H groups in total. The molecule has 1 aliphatic carbocycles. The highest BCUT2D eigenvalue weighted by molar-refractivity contribution is 7.90. The van der Waals surface area contributed by atoms with E-state index in [4.69, 9.17) is 17.3 Å². The van der Waals surface area contributed by atoms with E-state index in [1.165, 1.54) is 0 Å². The Balaban J connectivity index is 2.18. The number of hydrogen-bond acceptors (Lipinski definition) is 3. The summed E-state index contributed by atoms with van der Waals surface area (Å²) < 4.78 is 28.5. The second-order valence-corrected chi connectivity index (χ2v) is 6.05. The minimum Gasteiger partial charge on any atom is -0.320 e. The topological polar surface area (TPSA) is 84.2 Å². The minimum absolute atomic E-state index is 0.0384. The van der Waals surface area contributed by atoms with Crippen molar-refractivity contribution in [3.8, 4) is 11.8 Å². The lowest BCUT2D eigenvalue weighted by Gasteiger charge is -2.10. The Morgan fingerprint density at radius 3 is 2.79 bits per heavy atom. The van der Waals surface area contributed by atoms with Gasteiger partial charge in [0.25, 0.3) is 10.2 Å². The molecule has 1 aromatic carbocycles. The highest BCUT2D eigenvalue weighted by atomic mass is 35.5. The summed E-state index contributed by atoms with van der Waals surface area (Å²) in [5.74, 6) is 5.52. The Labute approximate surface area is 117 Å². The van der Waals surface area contributed by atoms with E-state index in [0.717, 1.165) is 12.8 Å². The van der Waals surface area contributed by atoms with Crippen LogP contribution in [0.2, 0.25) is 5.02 Å². The molecule has 1 fully saturated rings. The summed E-state index contributed by atoms with van der Waals surface area (Å²) in [6.45, 7) is 0.243. The predicted molar refractivity (Wildman–Crippen MR) is 76.1 cm³/mol. The van der Waals surface area contributed by atoms with Crippen LogP contribution < -0.4 is 15.2 Å². The molecule has 0 heterocycles. The van der Waals surface area contributed by atoms with Crippen molar-refractivity contribution < 1.29 is 8.42 Å². The lowest BCUT2D eigenvalue weighted by molar-refractivity contribution is 0.586. The fourth-order valence-electron chi connectivity index (χ4n) is 1.43. The standard InChI is InChI=1S/C12H14ClN3O2S/c13-11-6-3-9(2-1-7-14)8-12(11)16-19(17,18)15-10-4-5-10/h3,6,8,10,15-16H,4-5,7,14H2. The van der Waals surface area contributed by atoms with Gasteiger partial charge < -0.3 is 5.73 Å². The third-order valence-corrected chi connectivity index (χ3v) is 3.91. The molecule has 5 nitrogen and oxygen atoms in total. The van der Waals surface area contributed by atoms with E-state index in [2.05, 4.69) is 21.3 Å². The first-order valence-corrected chi connectivity index (χ1v) is 7.65. The molecular weight excluding hydrogens is 286 g/mol. The Kier molecular flexibility index (Phi) is 4.32. The zero-order valence-electron chi connectivity index (χ0n) is 10.1. The van der Waals surface area contributed by atoms with Gasteiger partial charge in [-0.2, -0.15) is 13.1 Å². The molecule has 0 amide bonds. The van der Waals surface area contributed by atoms with E-state index in [0.29, 0.717) is 16.3 Å². The first-order valence-electron chi connectivity index (χ1n) is 5.79. The van der Waals surface area contributed by atoms with Crippen molar-refractivity contribution in [2.24, 2.45) is 5.73 Å². The van der Waals surface area contributed by atoms with Crippen molar-refractivity contribution in [3.05, 3.63) is 28.8 Å². The van der Waals surface area contributed by atoms with Crippen molar-refractivity contribution in [2.75, 3.05) is 11.3 Å². The van der Waals surface area contributed by atoms with E-state index >= 15 is 0 Å². The molecule has 1 aliphatic rings. The van der Waals surface area contributed by atoms with Crippen LogP contribution in [0, 0.1) is 11.8 Å². The van der Waals surface area contributed by atoms with E-state index in [-0.39, 0.29) is 12.6 Å². The normalized spacial score (nSPS) is 14.6. The molecule has 102 valence electrons. The number of nitrogens with one attached hydrogen (secondary N) is 2. The van der Waals surface area contributed by atoms with Crippen LogP contribution in [0.5, 0.6) is 0 Å². The number of anilines is 1. The molecule has 0 radical (unpaired) electrons. The molecule has 0 saturated heterocycles. The number of halogens is 1. The highest BCUT2D eigenvalue weighted by Gasteiger charge is 2.27. The molecule has 0 bridgehead atoms. The van der Waals surface area contributed by atoms with Crippen LogP contribution in [-0.2, 0) is 10.2 Å². The van der Waals surface area contributed by atoms with Crippen LogP contribution in [0.25, 0.3) is 0 Å². The second kappa shape index (κ2) is 5.80. The first-order chi connectivity index (χ1) is 9.00. The summed E-state index contributed by atoms with van der Waals surface area (Å²) in [5, 5.41) is 0.319. The molecular formula is C12H14ClN3O2S. The Morgan fingerprint density at radius 1 is 1.42 bits per heavy atom. The predicted octanol–water partition coefficient (Wildman–Crippen LogP) is 1.06. The third-order valence-electron chi connectivity index (χ3n) is 2.44. The first kappa shape index (κ1) is 14.2. The van der Waals surface area contributed by atoms with Crippen molar-refractivity contribution in [3.63, 3.8) is 0 Å². The maximum absolute atomic E-state index is 11.8. The summed E-state index contributed by atoms with van der Waals surface area (Å²) in [6, 6.07) is 4.92. The Bertz CT molecular complexity index is 630. The molecule has 0 spiro atoms. The highest BCUT2D eigenvalue weighted by Crippen LogP contribution is 2.25. The van der Waals surface area contributed by atoms with Crippen molar-refractivity contribution >= 4 is 27.5 Å². The Hall–Kier alpha value is -1.26. The van der Waals surface area contributed by atoms with Crippen LogP contribution in [0.4, 0.5) is 5.69 Å². The van der Waals surface area contributed by atoms with E-state index < -0.39 is 10.2 Å². The van der Waals surface area contributed by atoms with E-state index in [1.807, 2.05) is 0 Å². The smallest absolute Gasteiger partial charge is 0.299 e. The third kappa shape index (κ3) is 4.40. The fourth-order valence-corrected chi connectivity index (χ4v) is 2.84.